The van der Waals surface area contributed by atoms with Gasteiger partial charge in [0.2, 0.25) is 0 Å². The van der Waals surface area contributed by atoms with Crippen molar-refractivity contribution in [3.8, 4) is 5.82 Å². The topological polar surface area (TPSA) is 42.7 Å². The fourth-order valence-electron chi connectivity index (χ4n) is 2.99. The summed E-state index contributed by atoms with van der Waals surface area (Å²) in [6.07, 6.45) is 5.99. The second kappa shape index (κ2) is 6.03. The molecule has 0 spiro atoms. The van der Waals surface area contributed by atoms with Crippen molar-refractivity contribution in [2.24, 2.45) is 5.92 Å². The van der Waals surface area contributed by atoms with Crippen LogP contribution in [0.15, 0.2) is 55.1 Å². The van der Waals surface area contributed by atoms with Gasteiger partial charge in [-0.3, -0.25) is 4.57 Å². The Labute approximate surface area is 138 Å². The zero-order chi connectivity index (χ0) is 16.5. The van der Waals surface area contributed by atoms with E-state index in [1.54, 1.807) is 12.5 Å². The molecule has 6 heteroatoms. The summed E-state index contributed by atoms with van der Waals surface area (Å²) >= 11 is 0. The van der Waals surface area contributed by atoms with Gasteiger partial charge in [-0.05, 0) is 42.5 Å². The number of pyridine rings is 1. The second-order valence-electron chi connectivity index (χ2n) is 5.97. The monoisotopic (exact) mass is 326 g/mol. The van der Waals surface area contributed by atoms with Crippen LogP contribution in [0.25, 0.3) is 5.82 Å². The summed E-state index contributed by atoms with van der Waals surface area (Å²) < 4.78 is 29.4. The lowest BCUT2D eigenvalue weighted by molar-refractivity contribution is 0.552. The fraction of sp³-hybridized carbons (Fsp3) is 0.222. The van der Waals surface area contributed by atoms with Crippen LogP contribution in [0.4, 0.5) is 14.6 Å². The summed E-state index contributed by atoms with van der Waals surface area (Å²) in [5.74, 6) is 0.752. The number of imidazole rings is 1. The third-order valence-electron chi connectivity index (χ3n) is 4.34. The van der Waals surface area contributed by atoms with Crippen molar-refractivity contribution in [1.29, 1.82) is 0 Å². The van der Waals surface area contributed by atoms with E-state index in [-0.39, 0.29) is 17.4 Å². The van der Waals surface area contributed by atoms with E-state index in [1.165, 1.54) is 18.2 Å². The zero-order valence-electron chi connectivity index (χ0n) is 12.9. The van der Waals surface area contributed by atoms with Crippen molar-refractivity contribution in [3.05, 3.63) is 72.3 Å². The minimum Gasteiger partial charge on any atom is -0.370 e. The molecule has 24 heavy (non-hydrogen) atoms. The lowest BCUT2D eigenvalue weighted by Crippen LogP contribution is -2.08. The fourth-order valence-corrected chi connectivity index (χ4v) is 2.99. The number of halogens is 2. The molecule has 0 unspecified atom stereocenters. The Morgan fingerprint density at radius 3 is 2.67 bits per heavy atom. The summed E-state index contributed by atoms with van der Waals surface area (Å²) in [6.45, 7) is 0.638. The molecule has 1 saturated carbocycles. The highest BCUT2D eigenvalue weighted by atomic mass is 19.1. The number of hydrogen-bond donors (Lipinski definition) is 1. The molecule has 1 aliphatic carbocycles. The Morgan fingerprint density at radius 1 is 1.12 bits per heavy atom. The molecule has 2 aromatic heterocycles. The van der Waals surface area contributed by atoms with Crippen LogP contribution in [0, 0.1) is 17.6 Å². The van der Waals surface area contributed by atoms with E-state index < -0.39 is 11.6 Å². The third-order valence-corrected chi connectivity index (χ3v) is 4.34. The van der Waals surface area contributed by atoms with Crippen molar-refractivity contribution >= 4 is 5.82 Å². The number of nitrogens with one attached hydrogen (secondary N) is 1. The highest BCUT2D eigenvalue weighted by molar-refractivity contribution is 5.40. The van der Waals surface area contributed by atoms with E-state index in [1.807, 2.05) is 29.0 Å². The number of anilines is 1. The predicted molar refractivity (Wildman–Crippen MR) is 87.1 cm³/mol. The average Bonchev–Trinajstić information content (AvgIpc) is 3.12. The number of nitrogens with zero attached hydrogens (tertiary/aromatic N) is 3. The van der Waals surface area contributed by atoms with E-state index in [0.29, 0.717) is 6.54 Å². The smallest absolute Gasteiger partial charge is 0.140 e. The first-order chi connectivity index (χ1) is 11.7. The maximum absolute atomic E-state index is 13.8. The Bertz CT molecular complexity index is 828. The molecule has 1 aliphatic rings. The molecule has 1 fully saturated rings. The summed E-state index contributed by atoms with van der Waals surface area (Å²) in [5, 5.41) is 3.26. The van der Waals surface area contributed by atoms with E-state index in [0.717, 1.165) is 18.1 Å². The van der Waals surface area contributed by atoms with Crippen molar-refractivity contribution < 1.29 is 8.78 Å². The minimum atomic E-state index is -0.456. The molecule has 0 saturated heterocycles. The molecule has 3 aromatic rings. The maximum Gasteiger partial charge on any atom is 0.140 e. The SMILES string of the molecule is Fc1cccc(F)c1[C@@H]1C[C@H]1CNc1cccc(-n2ccnc2)n1. The van der Waals surface area contributed by atoms with Gasteiger partial charge in [0.25, 0.3) is 0 Å². The lowest BCUT2D eigenvalue weighted by atomic mass is 10.1. The largest absolute Gasteiger partial charge is 0.370 e. The predicted octanol–water partition coefficient (Wildman–Crippen LogP) is 3.76. The minimum absolute atomic E-state index is 0.0597. The summed E-state index contributed by atoms with van der Waals surface area (Å²) in [5.41, 5.74) is 0.212. The van der Waals surface area contributed by atoms with Crippen LogP contribution >= 0.6 is 0 Å². The highest BCUT2D eigenvalue weighted by Gasteiger charge is 2.41. The maximum atomic E-state index is 13.8. The zero-order valence-corrected chi connectivity index (χ0v) is 12.9. The van der Waals surface area contributed by atoms with Crippen LogP contribution in [-0.4, -0.2) is 21.1 Å². The van der Waals surface area contributed by atoms with Crippen molar-refractivity contribution in [2.45, 2.75) is 12.3 Å². The Kier molecular flexibility index (Phi) is 3.72. The Hall–Kier alpha value is -2.76. The van der Waals surface area contributed by atoms with Crippen LogP contribution in [0.3, 0.4) is 0 Å². The van der Waals surface area contributed by atoms with Gasteiger partial charge >= 0.3 is 0 Å². The van der Waals surface area contributed by atoms with Crippen LogP contribution in [0.2, 0.25) is 0 Å². The molecule has 0 radical (unpaired) electrons. The van der Waals surface area contributed by atoms with Gasteiger partial charge in [-0.15, -0.1) is 0 Å². The van der Waals surface area contributed by atoms with Gasteiger partial charge in [-0.2, -0.15) is 0 Å². The molecular formula is C18H16F2N4. The molecule has 122 valence electrons. The first-order valence-electron chi connectivity index (χ1n) is 7.85. The van der Waals surface area contributed by atoms with Crippen molar-refractivity contribution in [2.75, 3.05) is 11.9 Å². The normalized spacial score (nSPS) is 19.2. The Morgan fingerprint density at radius 2 is 1.92 bits per heavy atom. The van der Waals surface area contributed by atoms with Crippen LogP contribution in [0.5, 0.6) is 0 Å². The molecule has 4 rings (SSSR count). The Balaban J connectivity index is 1.41. The molecule has 0 bridgehead atoms. The molecule has 2 heterocycles. The standard InChI is InChI=1S/C18H16F2N4/c19-14-3-1-4-15(20)18(14)13-9-12(13)10-22-16-5-2-6-17(23-16)24-8-7-21-11-24/h1-8,11-13H,9-10H2,(H,22,23)/t12-,13+/m0/s1. The molecule has 2 atom stereocenters. The number of rotatable bonds is 5. The van der Waals surface area contributed by atoms with Crippen molar-refractivity contribution in [3.63, 3.8) is 0 Å². The first-order valence-corrected chi connectivity index (χ1v) is 7.85. The van der Waals surface area contributed by atoms with Gasteiger partial charge in [0.05, 0.1) is 0 Å². The lowest BCUT2D eigenvalue weighted by Gasteiger charge is -2.08. The molecule has 0 amide bonds. The molecular weight excluding hydrogens is 310 g/mol. The van der Waals surface area contributed by atoms with Gasteiger partial charge in [-0.25, -0.2) is 18.7 Å². The van der Waals surface area contributed by atoms with Crippen LogP contribution < -0.4 is 5.32 Å². The van der Waals surface area contributed by atoms with Gasteiger partial charge in [0.1, 0.15) is 29.6 Å². The number of benzene rings is 1. The van der Waals surface area contributed by atoms with Gasteiger partial charge in [0.15, 0.2) is 0 Å². The average molecular weight is 326 g/mol. The summed E-state index contributed by atoms with van der Waals surface area (Å²) in [6, 6.07) is 9.71. The second-order valence-corrected chi connectivity index (χ2v) is 5.97. The number of aromatic nitrogens is 3. The van der Waals surface area contributed by atoms with Crippen LogP contribution in [0.1, 0.15) is 17.9 Å². The first kappa shape index (κ1) is 14.8. The van der Waals surface area contributed by atoms with E-state index in [4.69, 9.17) is 0 Å². The number of hydrogen-bond acceptors (Lipinski definition) is 3. The highest BCUT2D eigenvalue weighted by Crippen LogP contribution is 2.49. The summed E-state index contributed by atoms with van der Waals surface area (Å²) in [7, 11) is 0. The van der Waals surface area contributed by atoms with Gasteiger partial charge < -0.3 is 5.32 Å². The van der Waals surface area contributed by atoms with E-state index >= 15 is 0 Å². The van der Waals surface area contributed by atoms with Crippen molar-refractivity contribution in [1.82, 2.24) is 14.5 Å². The van der Waals surface area contributed by atoms with Crippen LogP contribution in [-0.2, 0) is 0 Å². The molecule has 1 aromatic carbocycles. The van der Waals surface area contributed by atoms with Gasteiger partial charge in [0, 0.05) is 24.5 Å². The van der Waals surface area contributed by atoms with Gasteiger partial charge in [-0.1, -0.05) is 12.1 Å². The van der Waals surface area contributed by atoms with E-state index in [9.17, 15) is 8.78 Å². The summed E-state index contributed by atoms with van der Waals surface area (Å²) in [4.78, 5) is 8.52. The molecule has 0 aliphatic heterocycles. The van der Waals surface area contributed by atoms with E-state index in [2.05, 4.69) is 15.3 Å². The third kappa shape index (κ3) is 2.87. The quantitative estimate of drug-likeness (QED) is 0.776. The molecule has 4 nitrogen and oxygen atoms in total. The molecule has 1 N–H and O–H groups in total.